The van der Waals surface area contributed by atoms with Gasteiger partial charge in [0.05, 0.1) is 15.1 Å². The Morgan fingerprint density at radius 1 is 1.03 bits per heavy atom. The van der Waals surface area contributed by atoms with Crippen molar-refractivity contribution in [2.75, 3.05) is 10.0 Å². The van der Waals surface area contributed by atoms with Gasteiger partial charge in [0.15, 0.2) is 11.2 Å². The molecule has 4 rings (SSSR count). The Kier molecular flexibility index (Phi) is 6.11. The van der Waals surface area contributed by atoms with Crippen LogP contribution >= 0.6 is 11.3 Å². The van der Waals surface area contributed by atoms with Gasteiger partial charge in [-0.3, -0.25) is 9.52 Å². The van der Waals surface area contributed by atoms with Crippen molar-refractivity contribution in [2.45, 2.75) is 24.8 Å². The highest BCUT2D eigenvalue weighted by Crippen LogP contribution is 2.30. The molecule has 3 aromatic carbocycles. The van der Waals surface area contributed by atoms with E-state index in [4.69, 9.17) is 4.74 Å². The van der Waals surface area contributed by atoms with Crippen molar-refractivity contribution in [3.8, 4) is 5.75 Å². The average molecular weight is 468 g/mol. The number of thiazole rings is 1. The van der Waals surface area contributed by atoms with E-state index < -0.39 is 16.1 Å². The van der Waals surface area contributed by atoms with E-state index in [9.17, 15) is 13.2 Å². The van der Waals surface area contributed by atoms with E-state index in [1.807, 2.05) is 25.1 Å². The van der Waals surface area contributed by atoms with Gasteiger partial charge in [-0.15, -0.1) is 0 Å². The molecule has 0 saturated heterocycles. The van der Waals surface area contributed by atoms with E-state index in [1.165, 1.54) is 11.3 Å². The van der Waals surface area contributed by atoms with Crippen LogP contribution in [-0.4, -0.2) is 25.4 Å². The lowest BCUT2D eigenvalue weighted by molar-refractivity contribution is -0.122. The fraction of sp³-hybridized carbons (Fsp3) is 0.130. The summed E-state index contributed by atoms with van der Waals surface area (Å²) in [6.07, 6.45) is -0.688. The van der Waals surface area contributed by atoms with Crippen LogP contribution in [0.4, 0.5) is 10.8 Å². The number of ether oxygens (including phenoxy) is 1. The van der Waals surface area contributed by atoms with Crippen LogP contribution < -0.4 is 14.8 Å². The Morgan fingerprint density at radius 3 is 2.47 bits per heavy atom. The number of rotatable bonds is 7. The number of sulfonamides is 1. The highest BCUT2D eigenvalue weighted by molar-refractivity contribution is 7.93. The van der Waals surface area contributed by atoms with Crippen molar-refractivity contribution in [3.63, 3.8) is 0 Å². The van der Waals surface area contributed by atoms with Gasteiger partial charge in [-0.1, -0.05) is 47.2 Å². The summed E-state index contributed by atoms with van der Waals surface area (Å²) in [5.74, 6) is 0.316. The second kappa shape index (κ2) is 8.97. The third-order valence-electron chi connectivity index (χ3n) is 4.63. The van der Waals surface area contributed by atoms with Crippen LogP contribution in [0.5, 0.6) is 5.75 Å². The fourth-order valence-corrected chi connectivity index (χ4v) is 5.08. The number of amides is 1. The van der Waals surface area contributed by atoms with Gasteiger partial charge in [-0.05, 0) is 56.3 Å². The van der Waals surface area contributed by atoms with Crippen LogP contribution in [0.25, 0.3) is 10.2 Å². The number of carbonyl (C=O) groups excluding carboxylic acids is 1. The molecule has 0 aliphatic carbocycles. The third kappa shape index (κ3) is 5.06. The van der Waals surface area contributed by atoms with Crippen molar-refractivity contribution in [2.24, 2.45) is 0 Å². The second-order valence-electron chi connectivity index (χ2n) is 7.18. The number of para-hydroxylation sites is 1. The Morgan fingerprint density at radius 2 is 1.75 bits per heavy atom. The molecule has 7 nitrogen and oxygen atoms in total. The first-order valence-electron chi connectivity index (χ1n) is 9.83. The lowest BCUT2D eigenvalue weighted by Gasteiger charge is -2.14. The molecule has 1 aromatic heterocycles. The molecule has 0 radical (unpaired) electrons. The summed E-state index contributed by atoms with van der Waals surface area (Å²) in [6, 6.07) is 20.9. The predicted octanol–water partition coefficient (Wildman–Crippen LogP) is 4.81. The highest BCUT2D eigenvalue weighted by Gasteiger charge is 2.18. The highest BCUT2D eigenvalue weighted by atomic mass is 32.2. The summed E-state index contributed by atoms with van der Waals surface area (Å²) in [6.45, 7) is 3.56. The predicted molar refractivity (Wildman–Crippen MR) is 127 cm³/mol. The molecule has 1 heterocycles. The smallest absolute Gasteiger partial charge is 0.265 e. The number of carbonyl (C=O) groups is 1. The van der Waals surface area contributed by atoms with E-state index in [0.29, 0.717) is 17.0 Å². The van der Waals surface area contributed by atoms with Gasteiger partial charge in [-0.2, -0.15) is 0 Å². The molecule has 0 aliphatic heterocycles. The molecule has 1 amide bonds. The summed E-state index contributed by atoms with van der Waals surface area (Å²) < 4.78 is 34.1. The average Bonchev–Trinajstić information content (AvgIpc) is 3.15. The number of hydrogen-bond acceptors (Lipinski definition) is 6. The van der Waals surface area contributed by atoms with Crippen molar-refractivity contribution < 1.29 is 17.9 Å². The first-order valence-corrected chi connectivity index (χ1v) is 12.1. The van der Waals surface area contributed by atoms with E-state index >= 15 is 0 Å². The van der Waals surface area contributed by atoms with Gasteiger partial charge in [0.1, 0.15) is 5.75 Å². The van der Waals surface area contributed by atoms with Gasteiger partial charge in [0, 0.05) is 5.69 Å². The zero-order chi connectivity index (χ0) is 22.7. The second-order valence-corrected chi connectivity index (χ2v) is 9.90. The monoisotopic (exact) mass is 467 g/mol. The van der Waals surface area contributed by atoms with Crippen LogP contribution in [-0.2, 0) is 14.8 Å². The lowest BCUT2D eigenvalue weighted by Crippen LogP contribution is -2.30. The molecule has 0 aliphatic rings. The number of anilines is 2. The number of aryl methyl sites for hydroxylation is 1. The molecule has 1 atom stereocenters. The number of fused-ring (bicyclic) bond motifs is 1. The molecule has 4 aromatic rings. The molecule has 0 spiro atoms. The van der Waals surface area contributed by atoms with Crippen LogP contribution in [0.1, 0.15) is 12.5 Å². The van der Waals surface area contributed by atoms with Crippen molar-refractivity contribution in [1.82, 2.24) is 4.98 Å². The summed E-state index contributed by atoms with van der Waals surface area (Å²) in [4.78, 5) is 17.0. The molecule has 0 bridgehead atoms. The summed E-state index contributed by atoms with van der Waals surface area (Å²) >= 11 is 1.19. The summed E-state index contributed by atoms with van der Waals surface area (Å²) in [5.41, 5.74) is 2.17. The van der Waals surface area contributed by atoms with Crippen LogP contribution in [0.2, 0.25) is 0 Å². The zero-order valence-electron chi connectivity index (χ0n) is 17.4. The topological polar surface area (TPSA) is 97.4 Å². The lowest BCUT2D eigenvalue weighted by atomic mass is 10.2. The van der Waals surface area contributed by atoms with Crippen molar-refractivity contribution in [1.29, 1.82) is 0 Å². The number of nitrogens with zero attached hydrogens (tertiary/aromatic N) is 1. The van der Waals surface area contributed by atoms with E-state index in [0.717, 1.165) is 10.3 Å². The largest absolute Gasteiger partial charge is 0.481 e. The van der Waals surface area contributed by atoms with E-state index in [-0.39, 0.29) is 15.9 Å². The first kappa shape index (κ1) is 21.8. The molecule has 32 heavy (non-hydrogen) atoms. The first-order chi connectivity index (χ1) is 15.3. The number of benzene rings is 3. The minimum Gasteiger partial charge on any atom is -0.481 e. The van der Waals surface area contributed by atoms with Gasteiger partial charge >= 0.3 is 0 Å². The van der Waals surface area contributed by atoms with Gasteiger partial charge in [-0.25, -0.2) is 13.4 Å². The van der Waals surface area contributed by atoms with Gasteiger partial charge < -0.3 is 10.1 Å². The number of hydrogen-bond donors (Lipinski definition) is 2. The molecule has 0 saturated carbocycles. The summed E-state index contributed by atoms with van der Waals surface area (Å²) in [5, 5.41) is 3.07. The molecule has 0 unspecified atom stereocenters. The molecule has 164 valence electrons. The van der Waals surface area contributed by atoms with Crippen molar-refractivity contribution >= 4 is 48.3 Å². The Hall–Kier alpha value is -3.43. The zero-order valence-corrected chi connectivity index (χ0v) is 19.0. The maximum absolute atomic E-state index is 12.6. The van der Waals surface area contributed by atoms with Crippen molar-refractivity contribution in [3.05, 3.63) is 78.4 Å². The van der Waals surface area contributed by atoms with Gasteiger partial charge in [0.25, 0.3) is 15.9 Å². The maximum atomic E-state index is 12.6. The van der Waals surface area contributed by atoms with Gasteiger partial charge in [0.2, 0.25) is 0 Å². The fourth-order valence-electron chi connectivity index (χ4n) is 2.94. The third-order valence-corrected chi connectivity index (χ3v) is 7.05. The minimum absolute atomic E-state index is 0.169. The normalized spacial score (nSPS) is 12.3. The van der Waals surface area contributed by atoms with Crippen LogP contribution in [0, 0.1) is 6.92 Å². The maximum Gasteiger partial charge on any atom is 0.265 e. The van der Waals surface area contributed by atoms with E-state index in [1.54, 1.807) is 61.5 Å². The Balaban J connectivity index is 1.47. The SMILES string of the molecule is Cc1ccc(S(=O)(=O)Nc2nc3ccc(NC(=O)[C@H](C)Oc4ccccc4)cc3s2)cc1. The molecule has 0 fully saturated rings. The van der Waals surface area contributed by atoms with Crippen LogP contribution in [0.3, 0.4) is 0 Å². The number of nitrogens with one attached hydrogen (secondary N) is 2. The molecule has 9 heteroatoms. The summed E-state index contributed by atoms with van der Waals surface area (Å²) in [7, 11) is -3.74. The molecular weight excluding hydrogens is 446 g/mol. The number of aromatic nitrogens is 1. The minimum atomic E-state index is -3.74. The molecular formula is C23H21N3O4S2. The Labute approximate surface area is 190 Å². The standard InChI is InChI=1S/C23H21N3O4S2/c1-15-8-11-19(12-9-15)32(28,29)26-23-25-20-13-10-17(14-21(20)31-23)24-22(27)16(2)30-18-6-4-3-5-7-18/h3-14,16H,1-2H3,(H,24,27)(H,25,26)/t16-/m0/s1. The van der Waals surface area contributed by atoms with Crippen LogP contribution in [0.15, 0.2) is 77.7 Å². The molecule has 2 N–H and O–H groups in total. The van der Waals surface area contributed by atoms with E-state index in [2.05, 4.69) is 15.0 Å². The Bertz CT molecular complexity index is 1350. The quantitative estimate of drug-likeness (QED) is 0.406.